The van der Waals surface area contributed by atoms with Gasteiger partial charge in [0.1, 0.15) is 0 Å². The molecule has 0 aromatic carbocycles. The standard InChI is InChI=1S/CH3NO5S/c2-7-1(3)8(4,5)6/h2H2,(H,4,5,6). The normalized spacial score (nSPS) is 10.8. The second kappa shape index (κ2) is 2.07. The molecule has 0 radical (unpaired) electrons. The number of carbonyl (C=O) groups excluding carboxylic acids is 1. The predicted molar refractivity (Wildman–Crippen MR) is 22.2 cm³/mol. The molecule has 0 saturated carbocycles. The van der Waals surface area contributed by atoms with Crippen LogP contribution in [0.5, 0.6) is 0 Å². The summed E-state index contributed by atoms with van der Waals surface area (Å²) in [5.41, 5.74) is 0. The lowest BCUT2D eigenvalue weighted by atomic mass is 11.6. The molecule has 0 rings (SSSR count). The first-order chi connectivity index (χ1) is 3.48. The fourth-order valence-corrected chi connectivity index (χ4v) is 0.182. The molecule has 0 aliphatic heterocycles. The van der Waals surface area contributed by atoms with E-state index in [1.807, 2.05) is 0 Å². The average molecular weight is 141 g/mol. The molecule has 0 bridgehead atoms. The molecule has 0 unspecified atom stereocenters. The van der Waals surface area contributed by atoms with E-state index in [2.05, 4.69) is 10.7 Å². The van der Waals surface area contributed by atoms with Crippen LogP contribution in [0.15, 0.2) is 0 Å². The molecule has 0 aliphatic rings. The summed E-state index contributed by atoms with van der Waals surface area (Å²) in [5.74, 6) is 4.07. The van der Waals surface area contributed by atoms with Gasteiger partial charge in [0, 0.05) is 0 Å². The van der Waals surface area contributed by atoms with E-state index in [1.54, 1.807) is 0 Å². The highest BCUT2D eigenvalue weighted by molar-refractivity contribution is 8.00. The van der Waals surface area contributed by atoms with Crippen LogP contribution in [0.3, 0.4) is 0 Å². The average Bonchev–Trinajstić information content (AvgIpc) is 1.62. The summed E-state index contributed by atoms with van der Waals surface area (Å²) in [6, 6.07) is 0. The lowest BCUT2D eigenvalue weighted by molar-refractivity contribution is 0.171. The number of hydrogen-bond acceptors (Lipinski definition) is 5. The Balaban J connectivity index is 4.29. The summed E-state index contributed by atoms with van der Waals surface area (Å²) in [6.45, 7) is 0. The van der Waals surface area contributed by atoms with Crippen LogP contribution >= 0.6 is 0 Å². The molecule has 0 spiro atoms. The Labute approximate surface area is 44.9 Å². The van der Waals surface area contributed by atoms with Gasteiger partial charge in [-0.05, 0) is 0 Å². The number of nitrogens with two attached hydrogens (primary N) is 1. The molecule has 7 heteroatoms. The van der Waals surface area contributed by atoms with Gasteiger partial charge in [-0.25, -0.2) is 4.79 Å². The van der Waals surface area contributed by atoms with Crippen LogP contribution in [0.25, 0.3) is 0 Å². The van der Waals surface area contributed by atoms with E-state index >= 15 is 0 Å². The lowest BCUT2D eigenvalue weighted by Gasteiger charge is -1.88. The van der Waals surface area contributed by atoms with Crippen molar-refractivity contribution < 1.29 is 22.6 Å². The number of rotatable bonds is 0. The SMILES string of the molecule is NOC(=O)S(=O)(=O)O. The fraction of sp³-hybridized carbons (Fsp3) is 0. The summed E-state index contributed by atoms with van der Waals surface area (Å²) in [7, 11) is -4.74. The van der Waals surface area contributed by atoms with Gasteiger partial charge in [-0.15, -0.1) is 0 Å². The topological polar surface area (TPSA) is 107 Å². The highest BCUT2D eigenvalue weighted by Crippen LogP contribution is 1.84. The van der Waals surface area contributed by atoms with Gasteiger partial charge in [-0.1, -0.05) is 0 Å². The molecule has 0 aliphatic carbocycles. The molecule has 0 amide bonds. The summed E-state index contributed by atoms with van der Waals surface area (Å²) in [4.78, 5) is 12.8. The Morgan fingerprint density at radius 1 is 1.62 bits per heavy atom. The van der Waals surface area contributed by atoms with E-state index < -0.39 is 15.4 Å². The maximum Gasteiger partial charge on any atom is 0.470 e. The van der Waals surface area contributed by atoms with Crippen LogP contribution < -0.4 is 5.90 Å². The number of hydrogen-bond donors (Lipinski definition) is 2. The van der Waals surface area contributed by atoms with Gasteiger partial charge in [-0.3, -0.25) is 4.55 Å². The van der Waals surface area contributed by atoms with Crippen molar-refractivity contribution in [3.63, 3.8) is 0 Å². The van der Waals surface area contributed by atoms with E-state index in [0.29, 0.717) is 0 Å². The quantitative estimate of drug-likeness (QED) is 0.327. The molecule has 0 aromatic rings. The van der Waals surface area contributed by atoms with Crippen LogP contribution in [0.4, 0.5) is 4.79 Å². The highest BCUT2D eigenvalue weighted by atomic mass is 32.2. The van der Waals surface area contributed by atoms with Gasteiger partial charge in [-0.2, -0.15) is 14.3 Å². The Hall–Kier alpha value is -0.660. The first-order valence-corrected chi connectivity index (χ1v) is 2.80. The largest absolute Gasteiger partial charge is 0.470 e. The Kier molecular flexibility index (Phi) is 1.90. The monoisotopic (exact) mass is 141 g/mol. The maximum absolute atomic E-state index is 9.65. The summed E-state index contributed by atoms with van der Waals surface area (Å²) < 4.78 is 26.8. The molecular weight excluding hydrogens is 138 g/mol. The minimum atomic E-state index is -4.74. The molecule has 0 fully saturated rings. The highest BCUT2D eigenvalue weighted by Gasteiger charge is 2.18. The van der Waals surface area contributed by atoms with Crippen molar-refractivity contribution in [1.29, 1.82) is 0 Å². The van der Waals surface area contributed by atoms with Gasteiger partial charge in [0.2, 0.25) is 0 Å². The molecule has 48 valence electrons. The Morgan fingerprint density at radius 3 is 2.00 bits per heavy atom. The van der Waals surface area contributed by atoms with Crippen LogP contribution in [0.1, 0.15) is 0 Å². The van der Waals surface area contributed by atoms with Crippen molar-refractivity contribution >= 4 is 15.4 Å². The van der Waals surface area contributed by atoms with E-state index in [-0.39, 0.29) is 0 Å². The third-order valence-electron chi connectivity index (χ3n) is 0.307. The van der Waals surface area contributed by atoms with Gasteiger partial charge in [0.25, 0.3) is 0 Å². The van der Waals surface area contributed by atoms with Gasteiger partial charge >= 0.3 is 15.4 Å². The summed E-state index contributed by atoms with van der Waals surface area (Å²) in [5, 5.41) is -1.86. The first kappa shape index (κ1) is 7.34. The first-order valence-electron chi connectivity index (χ1n) is 1.36. The molecule has 8 heavy (non-hydrogen) atoms. The molecule has 0 aromatic heterocycles. The van der Waals surface area contributed by atoms with E-state index in [4.69, 9.17) is 4.55 Å². The van der Waals surface area contributed by atoms with Gasteiger partial charge < -0.3 is 4.84 Å². The molecule has 3 N–H and O–H groups in total. The van der Waals surface area contributed by atoms with Crippen molar-refractivity contribution in [3.8, 4) is 0 Å². The zero-order valence-corrected chi connectivity index (χ0v) is 4.38. The van der Waals surface area contributed by atoms with E-state index in [1.165, 1.54) is 0 Å². The minimum Gasteiger partial charge on any atom is -0.360 e. The second-order valence-electron chi connectivity index (χ2n) is 0.843. The van der Waals surface area contributed by atoms with Crippen LogP contribution in [0, 0.1) is 0 Å². The molecule has 6 nitrogen and oxygen atoms in total. The summed E-state index contributed by atoms with van der Waals surface area (Å²) in [6.07, 6.45) is 0. The second-order valence-corrected chi connectivity index (χ2v) is 2.13. The van der Waals surface area contributed by atoms with Crippen LogP contribution in [-0.4, -0.2) is 18.3 Å². The fourth-order valence-electron chi connectivity index (χ4n) is 0.0608. The Morgan fingerprint density at radius 2 is 2.00 bits per heavy atom. The maximum atomic E-state index is 9.65. The molecule has 0 heterocycles. The van der Waals surface area contributed by atoms with Crippen molar-refractivity contribution in [2.24, 2.45) is 5.90 Å². The third kappa shape index (κ3) is 1.87. The van der Waals surface area contributed by atoms with E-state index in [9.17, 15) is 13.2 Å². The van der Waals surface area contributed by atoms with Gasteiger partial charge in [0.05, 0.1) is 0 Å². The smallest absolute Gasteiger partial charge is 0.360 e. The lowest BCUT2D eigenvalue weighted by Crippen LogP contribution is -2.18. The zero-order chi connectivity index (χ0) is 6.78. The minimum absolute atomic E-state index is 1.86. The van der Waals surface area contributed by atoms with Crippen molar-refractivity contribution in [2.45, 2.75) is 0 Å². The van der Waals surface area contributed by atoms with Gasteiger partial charge in [0.15, 0.2) is 0 Å². The zero-order valence-electron chi connectivity index (χ0n) is 3.57. The molecular formula is CH3NO5S. The van der Waals surface area contributed by atoms with Crippen LogP contribution in [-0.2, 0) is 15.0 Å². The summed E-state index contributed by atoms with van der Waals surface area (Å²) >= 11 is 0. The van der Waals surface area contributed by atoms with Crippen molar-refractivity contribution in [1.82, 2.24) is 0 Å². The predicted octanol–water partition coefficient (Wildman–Crippen LogP) is -1.12. The number of carbonyl (C=O) groups is 1. The third-order valence-corrected chi connectivity index (χ3v) is 0.824. The van der Waals surface area contributed by atoms with Crippen molar-refractivity contribution in [3.05, 3.63) is 0 Å². The molecule has 0 atom stereocenters. The van der Waals surface area contributed by atoms with Crippen molar-refractivity contribution in [2.75, 3.05) is 0 Å². The Bertz CT molecular complexity index is 179. The molecule has 0 saturated heterocycles. The van der Waals surface area contributed by atoms with E-state index in [0.717, 1.165) is 0 Å². The van der Waals surface area contributed by atoms with Crippen LogP contribution in [0.2, 0.25) is 0 Å².